The molecule has 1 N–H and O–H groups in total. The standard InChI is InChI=1S/C22H27NO4/c1-6-19(27-20-12-14(3)8-9-16(20)5)21(24)23-18-13-17(11-10-15(18)4)22(25)26-7-2/h8-13,19H,6-7H2,1-5H3,(H,23,24). The monoisotopic (exact) mass is 369 g/mol. The summed E-state index contributed by atoms with van der Waals surface area (Å²) < 4.78 is 11.0. The summed E-state index contributed by atoms with van der Waals surface area (Å²) >= 11 is 0. The van der Waals surface area contributed by atoms with Crippen LogP contribution in [0.3, 0.4) is 0 Å². The topological polar surface area (TPSA) is 64.6 Å². The number of hydrogen-bond donors (Lipinski definition) is 1. The van der Waals surface area contributed by atoms with Crippen LogP contribution in [0.4, 0.5) is 5.69 Å². The van der Waals surface area contributed by atoms with E-state index in [-0.39, 0.29) is 5.91 Å². The number of carbonyl (C=O) groups is 2. The Balaban J connectivity index is 2.17. The Morgan fingerprint density at radius 2 is 1.70 bits per heavy atom. The molecule has 0 spiro atoms. The molecule has 0 aromatic heterocycles. The van der Waals surface area contributed by atoms with E-state index < -0.39 is 12.1 Å². The minimum atomic E-state index is -0.629. The van der Waals surface area contributed by atoms with Gasteiger partial charge in [0.2, 0.25) is 0 Å². The van der Waals surface area contributed by atoms with Crippen LogP contribution in [0.1, 0.15) is 47.3 Å². The molecule has 0 radical (unpaired) electrons. The molecule has 2 rings (SSSR count). The molecule has 0 aliphatic heterocycles. The molecule has 0 heterocycles. The maximum Gasteiger partial charge on any atom is 0.338 e. The van der Waals surface area contributed by atoms with Crippen molar-refractivity contribution in [1.82, 2.24) is 0 Å². The molecule has 0 saturated carbocycles. The average Bonchev–Trinajstić information content (AvgIpc) is 2.64. The van der Waals surface area contributed by atoms with Gasteiger partial charge in [-0.1, -0.05) is 25.1 Å². The van der Waals surface area contributed by atoms with Gasteiger partial charge >= 0.3 is 5.97 Å². The number of nitrogens with one attached hydrogen (secondary N) is 1. The maximum atomic E-state index is 12.8. The number of benzene rings is 2. The third-order valence-corrected chi connectivity index (χ3v) is 4.28. The minimum Gasteiger partial charge on any atom is -0.480 e. The van der Waals surface area contributed by atoms with Gasteiger partial charge in [-0.25, -0.2) is 4.79 Å². The van der Waals surface area contributed by atoms with Gasteiger partial charge in [-0.3, -0.25) is 4.79 Å². The third kappa shape index (κ3) is 5.33. The van der Waals surface area contributed by atoms with Gasteiger partial charge in [-0.15, -0.1) is 0 Å². The summed E-state index contributed by atoms with van der Waals surface area (Å²) in [4.78, 5) is 24.7. The van der Waals surface area contributed by atoms with Gasteiger partial charge in [0.25, 0.3) is 5.91 Å². The second-order valence-electron chi connectivity index (χ2n) is 6.52. The summed E-state index contributed by atoms with van der Waals surface area (Å²) in [7, 11) is 0. The van der Waals surface area contributed by atoms with Crippen molar-refractivity contribution in [3.63, 3.8) is 0 Å². The molecule has 0 saturated heterocycles. The highest BCUT2D eigenvalue weighted by atomic mass is 16.5. The number of amides is 1. The maximum absolute atomic E-state index is 12.8. The number of ether oxygens (including phenoxy) is 2. The van der Waals surface area contributed by atoms with Crippen LogP contribution in [0.25, 0.3) is 0 Å². The lowest BCUT2D eigenvalue weighted by Crippen LogP contribution is -2.33. The molecule has 2 aromatic rings. The second kappa shape index (κ2) is 9.21. The molecule has 1 unspecified atom stereocenters. The second-order valence-corrected chi connectivity index (χ2v) is 6.52. The Morgan fingerprint density at radius 1 is 1.00 bits per heavy atom. The van der Waals surface area contributed by atoms with Crippen molar-refractivity contribution < 1.29 is 19.1 Å². The number of anilines is 1. The molecule has 2 aromatic carbocycles. The molecule has 5 heteroatoms. The molecular formula is C22H27NO4. The van der Waals surface area contributed by atoms with Gasteiger partial charge in [0.15, 0.2) is 6.10 Å². The third-order valence-electron chi connectivity index (χ3n) is 4.28. The van der Waals surface area contributed by atoms with Gasteiger partial charge in [-0.05, 0) is 69.0 Å². The molecule has 1 amide bonds. The number of carbonyl (C=O) groups excluding carboxylic acids is 2. The van der Waals surface area contributed by atoms with E-state index in [0.29, 0.717) is 30.0 Å². The van der Waals surface area contributed by atoms with Gasteiger partial charge in [-0.2, -0.15) is 0 Å². The zero-order valence-corrected chi connectivity index (χ0v) is 16.6. The molecule has 144 valence electrons. The summed E-state index contributed by atoms with van der Waals surface area (Å²) in [6, 6.07) is 11.0. The first-order valence-electron chi connectivity index (χ1n) is 9.18. The van der Waals surface area contributed by atoms with Gasteiger partial charge in [0, 0.05) is 5.69 Å². The highest BCUT2D eigenvalue weighted by molar-refractivity contribution is 5.97. The van der Waals surface area contributed by atoms with E-state index in [0.717, 1.165) is 16.7 Å². The van der Waals surface area contributed by atoms with Crippen molar-refractivity contribution in [2.45, 2.75) is 47.1 Å². The summed E-state index contributed by atoms with van der Waals surface area (Å²) in [6.45, 7) is 9.76. The Morgan fingerprint density at radius 3 is 2.37 bits per heavy atom. The number of aryl methyl sites for hydroxylation is 3. The van der Waals surface area contributed by atoms with E-state index in [9.17, 15) is 9.59 Å². The average molecular weight is 369 g/mol. The Kier molecular flexibility index (Phi) is 6.99. The highest BCUT2D eigenvalue weighted by Crippen LogP contribution is 2.23. The minimum absolute atomic E-state index is 0.248. The Labute approximate surface area is 160 Å². The van der Waals surface area contributed by atoms with E-state index in [2.05, 4.69) is 5.32 Å². The van der Waals surface area contributed by atoms with Crippen LogP contribution in [0, 0.1) is 20.8 Å². The van der Waals surface area contributed by atoms with Crippen molar-refractivity contribution in [3.8, 4) is 5.75 Å². The van der Waals surface area contributed by atoms with Crippen molar-refractivity contribution in [3.05, 3.63) is 58.7 Å². The molecule has 27 heavy (non-hydrogen) atoms. The lowest BCUT2D eigenvalue weighted by molar-refractivity contribution is -0.122. The SMILES string of the molecule is CCOC(=O)c1ccc(C)c(NC(=O)C(CC)Oc2cc(C)ccc2C)c1. The van der Waals surface area contributed by atoms with Gasteiger partial charge < -0.3 is 14.8 Å². The first-order chi connectivity index (χ1) is 12.8. The van der Waals surface area contributed by atoms with Crippen LogP contribution in [0.5, 0.6) is 5.75 Å². The quantitative estimate of drug-likeness (QED) is 0.725. The van der Waals surface area contributed by atoms with Gasteiger partial charge in [0.05, 0.1) is 12.2 Å². The number of hydrogen-bond acceptors (Lipinski definition) is 4. The van der Waals surface area contributed by atoms with Crippen molar-refractivity contribution in [1.29, 1.82) is 0 Å². The predicted molar refractivity (Wildman–Crippen MR) is 106 cm³/mol. The van der Waals surface area contributed by atoms with E-state index in [4.69, 9.17) is 9.47 Å². The van der Waals surface area contributed by atoms with Crippen LogP contribution in [0.15, 0.2) is 36.4 Å². The van der Waals surface area contributed by atoms with Crippen LogP contribution in [0.2, 0.25) is 0 Å². The van der Waals surface area contributed by atoms with Crippen LogP contribution >= 0.6 is 0 Å². The Hall–Kier alpha value is -2.82. The van der Waals surface area contributed by atoms with Crippen molar-refractivity contribution >= 4 is 17.6 Å². The molecule has 0 aliphatic rings. The fourth-order valence-electron chi connectivity index (χ4n) is 2.62. The first kappa shape index (κ1) is 20.5. The molecule has 5 nitrogen and oxygen atoms in total. The molecule has 1 atom stereocenters. The van der Waals surface area contributed by atoms with Crippen molar-refractivity contribution in [2.24, 2.45) is 0 Å². The molecule has 0 fully saturated rings. The van der Waals surface area contributed by atoms with Crippen LogP contribution in [-0.2, 0) is 9.53 Å². The number of rotatable bonds is 7. The fraction of sp³-hybridized carbons (Fsp3) is 0.364. The molecule has 0 bridgehead atoms. The zero-order chi connectivity index (χ0) is 20.0. The summed E-state index contributed by atoms with van der Waals surface area (Å²) in [6.07, 6.45) is -0.105. The lowest BCUT2D eigenvalue weighted by atomic mass is 10.1. The van der Waals surface area contributed by atoms with E-state index in [1.54, 1.807) is 25.1 Å². The van der Waals surface area contributed by atoms with E-state index in [1.807, 2.05) is 45.9 Å². The van der Waals surface area contributed by atoms with E-state index >= 15 is 0 Å². The zero-order valence-electron chi connectivity index (χ0n) is 16.6. The summed E-state index contributed by atoms with van der Waals surface area (Å²) in [5.74, 6) is 0.0446. The van der Waals surface area contributed by atoms with Crippen LogP contribution in [-0.4, -0.2) is 24.6 Å². The van der Waals surface area contributed by atoms with Crippen LogP contribution < -0.4 is 10.1 Å². The Bertz CT molecular complexity index is 829. The first-order valence-corrected chi connectivity index (χ1v) is 9.18. The largest absolute Gasteiger partial charge is 0.480 e. The van der Waals surface area contributed by atoms with Gasteiger partial charge in [0.1, 0.15) is 5.75 Å². The highest BCUT2D eigenvalue weighted by Gasteiger charge is 2.21. The fourth-order valence-corrected chi connectivity index (χ4v) is 2.62. The molecular weight excluding hydrogens is 342 g/mol. The van der Waals surface area contributed by atoms with E-state index in [1.165, 1.54) is 0 Å². The number of esters is 1. The molecule has 0 aliphatic carbocycles. The van der Waals surface area contributed by atoms with Crippen molar-refractivity contribution in [2.75, 3.05) is 11.9 Å². The lowest BCUT2D eigenvalue weighted by Gasteiger charge is -2.20. The summed E-state index contributed by atoms with van der Waals surface area (Å²) in [5, 5.41) is 2.88. The summed E-state index contributed by atoms with van der Waals surface area (Å²) in [5.41, 5.74) is 3.89. The normalized spacial score (nSPS) is 11.6. The smallest absolute Gasteiger partial charge is 0.338 e. The predicted octanol–water partition coefficient (Wildman–Crippen LogP) is 4.58.